The molecule has 0 saturated heterocycles. The van der Waals surface area contributed by atoms with Crippen LogP contribution in [0.5, 0.6) is 0 Å². The molecule has 2 aliphatic rings. The zero-order valence-electron chi connectivity index (χ0n) is 10.2. The van der Waals surface area contributed by atoms with E-state index in [1.807, 2.05) is 4.57 Å². The number of fused-ring (bicyclic) bond motifs is 1. The van der Waals surface area contributed by atoms with Crippen molar-refractivity contribution in [1.82, 2.24) is 4.57 Å². The summed E-state index contributed by atoms with van der Waals surface area (Å²) in [5.74, 6) is 0. The maximum Gasteiger partial charge on any atom is 0.263 e. The molecule has 0 N–H and O–H groups in total. The average Bonchev–Trinajstić information content (AvgIpc) is 2.97. The van der Waals surface area contributed by atoms with Gasteiger partial charge in [-0.1, -0.05) is 12.8 Å². The summed E-state index contributed by atoms with van der Waals surface area (Å²) in [7, 11) is 0. The van der Waals surface area contributed by atoms with Crippen molar-refractivity contribution in [3.8, 4) is 0 Å². The largest absolute Gasteiger partial charge is 0.309 e. The topological polar surface area (TPSA) is 39.1 Å². The van der Waals surface area contributed by atoms with Crippen LogP contribution >= 0.6 is 11.6 Å². The first-order chi connectivity index (χ1) is 8.68. The van der Waals surface area contributed by atoms with E-state index in [9.17, 15) is 9.59 Å². The van der Waals surface area contributed by atoms with Crippen LogP contribution < -0.4 is 5.56 Å². The van der Waals surface area contributed by atoms with Gasteiger partial charge in [-0.05, 0) is 55.3 Å². The molecule has 1 saturated carbocycles. The maximum absolute atomic E-state index is 12.4. The van der Waals surface area contributed by atoms with E-state index in [0.717, 1.165) is 43.4 Å². The first kappa shape index (κ1) is 12.0. The van der Waals surface area contributed by atoms with Gasteiger partial charge in [-0.3, -0.25) is 9.59 Å². The molecule has 96 valence electrons. The molecule has 1 aromatic heterocycles. The number of halogens is 1. The van der Waals surface area contributed by atoms with Gasteiger partial charge in [0.05, 0.1) is 5.56 Å². The summed E-state index contributed by atoms with van der Waals surface area (Å²) in [5, 5.41) is -0.624. The fourth-order valence-electron chi connectivity index (χ4n) is 3.36. The molecule has 0 bridgehead atoms. The van der Waals surface area contributed by atoms with Gasteiger partial charge in [-0.2, -0.15) is 0 Å². The van der Waals surface area contributed by atoms with Gasteiger partial charge in [-0.25, -0.2) is 0 Å². The molecule has 0 aliphatic heterocycles. The fourth-order valence-corrected chi connectivity index (χ4v) is 3.49. The molecular formula is C14H16ClNO2. The summed E-state index contributed by atoms with van der Waals surface area (Å²) in [6.45, 7) is 0. The summed E-state index contributed by atoms with van der Waals surface area (Å²) in [6.07, 6.45) is 7.42. The van der Waals surface area contributed by atoms with E-state index in [0.29, 0.717) is 0 Å². The van der Waals surface area contributed by atoms with Crippen LogP contribution in [-0.4, -0.2) is 9.81 Å². The Morgan fingerprint density at radius 2 is 1.94 bits per heavy atom. The summed E-state index contributed by atoms with van der Waals surface area (Å²) < 4.78 is 1.88. The summed E-state index contributed by atoms with van der Waals surface area (Å²) >= 11 is 5.54. The second-order valence-corrected chi connectivity index (χ2v) is 5.61. The molecule has 1 fully saturated rings. The standard InChI is InChI=1S/C14H16ClNO2/c15-13(17)11-8-9-4-3-7-12(9)16(14(11)18)10-5-1-2-6-10/h8,10H,1-7H2. The minimum Gasteiger partial charge on any atom is -0.309 e. The molecule has 0 amide bonds. The van der Waals surface area contributed by atoms with Crippen LogP contribution in [0.1, 0.15) is 59.8 Å². The van der Waals surface area contributed by atoms with Gasteiger partial charge in [0.2, 0.25) is 0 Å². The van der Waals surface area contributed by atoms with Crippen molar-refractivity contribution in [2.75, 3.05) is 0 Å². The number of aromatic nitrogens is 1. The van der Waals surface area contributed by atoms with Gasteiger partial charge in [0.15, 0.2) is 0 Å². The lowest BCUT2D eigenvalue weighted by atomic mass is 10.1. The first-order valence-corrected chi connectivity index (χ1v) is 7.03. The molecule has 3 rings (SSSR count). The van der Waals surface area contributed by atoms with Crippen molar-refractivity contribution in [2.24, 2.45) is 0 Å². The lowest BCUT2D eigenvalue weighted by Gasteiger charge is -2.19. The van der Waals surface area contributed by atoms with Gasteiger partial charge in [0.25, 0.3) is 10.8 Å². The van der Waals surface area contributed by atoms with Crippen molar-refractivity contribution in [1.29, 1.82) is 0 Å². The third-order valence-electron chi connectivity index (χ3n) is 4.19. The molecule has 18 heavy (non-hydrogen) atoms. The van der Waals surface area contributed by atoms with Gasteiger partial charge >= 0.3 is 0 Å². The zero-order valence-corrected chi connectivity index (χ0v) is 11.0. The number of rotatable bonds is 2. The Morgan fingerprint density at radius 3 is 2.61 bits per heavy atom. The second-order valence-electron chi connectivity index (χ2n) is 5.27. The Bertz CT molecular complexity index is 556. The van der Waals surface area contributed by atoms with Gasteiger partial charge in [0.1, 0.15) is 0 Å². The molecule has 0 atom stereocenters. The van der Waals surface area contributed by atoms with Crippen LogP contribution in [-0.2, 0) is 12.8 Å². The predicted octanol–water partition coefficient (Wildman–Crippen LogP) is 2.83. The molecule has 0 unspecified atom stereocenters. The van der Waals surface area contributed by atoms with Crippen molar-refractivity contribution >= 4 is 16.8 Å². The van der Waals surface area contributed by atoms with Crippen LogP contribution in [0, 0.1) is 0 Å². The molecule has 0 spiro atoms. The summed E-state index contributed by atoms with van der Waals surface area (Å²) in [4.78, 5) is 23.8. The number of nitrogens with zero attached hydrogens (tertiary/aromatic N) is 1. The highest BCUT2D eigenvalue weighted by Gasteiger charge is 2.27. The Kier molecular flexibility index (Phi) is 3.02. The normalized spacial score (nSPS) is 19.2. The van der Waals surface area contributed by atoms with Gasteiger partial charge in [-0.15, -0.1) is 0 Å². The highest BCUT2D eigenvalue weighted by molar-refractivity contribution is 6.67. The quantitative estimate of drug-likeness (QED) is 0.772. The van der Waals surface area contributed by atoms with Gasteiger partial charge < -0.3 is 4.57 Å². The number of aryl methyl sites for hydroxylation is 1. The monoisotopic (exact) mass is 265 g/mol. The van der Waals surface area contributed by atoms with Crippen LogP contribution in [0.15, 0.2) is 10.9 Å². The van der Waals surface area contributed by atoms with E-state index in [4.69, 9.17) is 11.6 Å². The molecule has 4 heteroatoms. The zero-order chi connectivity index (χ0) is 12.7. The highest BCUT2D eigenvalue weighted by atomic mass is 35.5. The summed E-state index contributed by atoms with van der Waals surface area (Å²) in [6, 6.07) is 1.99. The molecule has 2 aliphatic carbocycles. The number of hydrogen-bond acceptors (Lipinski definition) is 2. The van der Waals surface area contributed by atoms with E-state index < -0.39 is 5.24 Å². The van der Waals surface area contributed by atoms with Crippen molar-refractivity contribution in [3.63, 3.8) is 0 Å². The Hall–Kier alpha value is -1.09. The van der Waals surface area contributed by atoms with Crippen molar-refractivity contribution in [3.05, 3.63) is 33.2 Å². The third kappa shape index (κ3) is 1.81. The average molecular weight is 266 g/mol. The Labute approximate surface area is 111 Å². The molecule has 0 aromatic carbocycles. The lowest BCUT2D eigenvalue weighted by molar-refractivity contribution is 0.107. The Morgan fingerprint density at radius 1 is 1.22 bits per heavy atom. The smallest absolute Gasteiger partial charge is 0.263 e. The second kappa shape index (κ2) is 4.54. The summed E-state index contributed by atoms with van der Waals surface area (Å²) in [5.41, 5.74) is 2.27. The third-order valence-corrected chi connectivity index (χ3v) is 4.39. The van der Waals surface area contributed by atoms with E-state index >= 15 is 0 Å². The minimum absolute atomic E-state index is 0.157. The predicted molar refractivity (Wildman–Crippen MR) is 70.4 cm³/mol. The van der Waals surface area contributed by atoms with Crippen LogP contribution in [0.2, 0.25) is 0 Å². The number of carbonyl (C=O) groups is 1. The van der Waals surface area contributed by atoms with Crippen LogP contribution in [0.3, 0.4) is 0 Å². The van der Waals surface area contributed by atoms with Crippen molar-refractivity contribution < 1.29 is 4.79 Å². The van der Waals surface area contributed by atoms with E-state index in [1.165, 1.54) is 12.8 Å². The van der Waals surface area contributed by atoms with E-state index in [-0.39, 0.29) is 17.2 Å². The van der Waals surface area contributed by atoms with Crippen LogP contribution in [0.4, 0.5) is 0 Å². The minimum atomic E-state index is -0.624. The molecule has 1 aromatic rings. The van der Waals surface area contributed by atoms with Crippen molar-refractivity contribution in [2.45, 2.75) is 51.0 Å². The van der Waals surface area contributed by atoms with E-state index in [1.54, 1.807) is 6.07 Å². The molecular weight excluding hydrogens is 250 g/mol. The maximum atomic E-state index is 12.4. The molecule has 0 radical (unpaired) electrons. The lowest BCUT2D eigenvalue weighted by Crippen LogP contribution is -2.30. The van der Waals surface area contributed by atoms with E-state index in [2.05, 4.69) is 0 Å². The highest BCUT2D eigenvalue weighted by Crippen LogP contribution is 2.32. The Balaban J connectivity index is 2.21. The molecule has 3 nitrogen and oxygen atoms in total. The fraction of sp³-hybridized carbons (Fsp3) is 0.571. The SMILES string of the molecule is O=C(Cl)c1cc2c(n(C3CCCC3)c1=O)CCC2. The first-order valence-electron chi connectivity index (χ1n) is 6.65. The molecule has 1 heterocycles. The van der Waals surface area contributed by atoms with Gasteiger partial charge in [0, 0.05) is 11.7 Å². The number of carbonyl (C=O) groups excluding carboxylic acids is 1. The number of pyridine rings is 1. The number of hydrogen-bond donors (Lipinski definition) is 0. The van der Waals surface area contributed by atoms with Crippen LogP contribution in [0.25, 0.3) is 0 Å².